The molecule has 2 aromatic rings. The third-order valence-corrected chi connectivity index (χ3v) is 7.96. The average Bonchev–Trinajstić information content (AvgIpc) is 3.38. The summed E-state index contributed by atoms with van der Waals surface area (Å²) in [6.45, 7) is 4.73. The molecule has 0 heterocycles. The van der Waals surface area contributed by atoms with E-state index in [-0.39, 0.29) is 5.91 Å². The van der Waals surface area contributed by atoms with Crippen molar-refractivity contribution in [3.63, 3.8) is 0 Å². The van der Waals surface area contributed by atoms with Crippen molar-refractivity contribution in [1.29, 1.82) is 0 Å². The number of rotatable bonds is 9. The van der Waals surface area contributed by atoms with Crippen molar-refractivity contribution >= 4 is 17.6 Å². The third-order valence-electron chi connectivity index (χ3n) is 7.96. The van der Waals surface area contributed by atoms with E-state index in [1.54, 1.807) is 0 Å². The fourth-order valence-corrected chi connectivity index (χ4v) is 5.99. The highest BCUT2D eigenvalue weighted by atomic mass is 16.5. The molecule has 5 nitrogen and oxygen atoms in total. The molecule has 0 aliphatic heterocycles. The van der Waals surface area contributed by atoms with E-state index in [1.807, 2.05) is 25.1 Å². The van der Waals surface area contributed by atoms with E-state index >= 15 is 0 Å². The standard InChI is InChI=1S/C30H39NO4/c1-3-35-28-14-8-13-24(20(28)2)25-18-17-23(19-22(25)16-15-21-9-4-5-10-21)31-29(32)26-11-6-7-12-27(26)30(33)34/h8,13-14,17-19,21,26-27H,3-7,9-12,15-16H2,1-2H3,(H,31,32)(H,33,34). The Labute approximate surface area is 209 Å². The van der Waals surface area contributed by atoms with Crippen LogP contribution in [0.15, 0.2) is 36.4 Å². The van der Waals surface area contributed by atoms with Crippen molar-refractivity contribution in [3.8, 4) is 16.9 Å². The Bertz CT molecular complexity index is 1040. The zero-order valence-electron chi connectivity index (χ0n) is 21.1. The summed E-state index contributed by atoms with van der Waals surface area (Å²) >= 11 is 0. The summed E-state index contributed by atoms with van der Waals surface area (Å²) in [6.07, 6.45) is 10.4. The van der Waals surface area contributed by atoms with E-state index in [4.69, 9.17) is 4.74 Å². The van der Waals surface area contributed by atoms with Crippen LogP contribution in [-0.4, -0.2) is 23.6 Å². The minimum atomic E-state index is -0.859. The van der Waals surface area contributed by atoms with Gasteiger partial charge in [0.1, 0.15) is 5.75 Å². The number of aryl methyl sites for hydroxylation is 1. The second kappa shape index (κ2) is 11.7. The number of anilines is 1. The lowest BCUT2D eigenvalue weighted by Crippen LogP contribution is -2.36. The second-order valence-electron chi connectivity index (χ2n) is 10.2. The molecule has 35 heavy (non-hydrogen) atoms. The van der Waals surface area contributed by atoms with Crippen molar-refractivity contribution in [3.05, 3.63) is 47.5 Å². The molecule has 2 unspecified atom stereocenters. The lowest BCUT2D eigenvalue weighted by molar-refractivity contribution is -0.147. The van der Waals surface area contributed by atoms with Crippen LogP contribution < -0.4 is 10.1 Å². The number of carboxylic acids is 1. The maximum atomic E-state index is 13.1. The highest BCUT2D eigenvalue weighted by Crippen LogP contribution is 2.37. The van der Waals surface area contributed by atoms with Gasteiger partial charge in [-0.15, -0.1) is 0 Å². The molecule has 2 saturated carbocycles. The van der Waals surface area contributed by atoms with Crippen LogP contribution in [0.4, 0.5) is 5.69 Å². The van der Waals surface area contributed by atoms with Crippen LogP contribution in [0.3, 0.4) is 0 Å². The van der Waals surface area contributed by atoms with Crippen LogP contribution in [0.2, 0.25) is 0 Å². The Hall–Kier alpha value is -2.82. The van der Waals surface area contributed by atoms with Gasteiger partial charge in [0.15, 0.2) is 0 Å². The van der Waals surface area contributed by atoms with Crippen molar-refractivity contribution in [1.82, 2.24) is 0 Å². The largest absolute Gasteiger partial charge is 0.494 e. The van der Waals surface area contributed by atoms with Crippen LogP contribution in [0.1, 0.15) is 75.8 Å². The first-order valence-electron chi connectivity index (χ1n) is 13.4. The van der Waals surface area contributed by atoms with Gasteiger partial charge in [-0.1, -0.05) is 56.7 Å². The van der Waals surface area contributed by atoms with E-state index in [9.17, 15) is 14.7 Å². The highest BCUT2D eigenvalue weighted by Gasteiger charge is 2.35. The Kier molecular flexibility index (Phi) is 8.48. The molecule has 0 saturated heterocycles. The summed E-state index contributed by atoms with van der Waals surface area (Å²) in [5.41, 5.74) is 5.45. The SMILES string of the molecule is CCOc1cccc(-c2ccc(NC(=O)C3CCCCC3C(=O)O)cc2CCC2CCCC2)c1C. The minimum absolute atomic E-state index is 0.166. The number of amides is 1. The van der Waals surface area contributed by atoms with Gasteiger partial charge < -0.3 is 15.2 Å². The number of benzene rings is 2. The maximum absolute atomic E-state index is 13.1. The molecule has 5 heteroatoms. The predicted octanol–water partition coefficient (Wildman–Crippen LogP) is 7.01. The van der Waals surface area contributed by atoms with Crippen molar-refractivity contribution in [2.24, 2.45) is 17.8 Å². The molecule has 2 fully saturated rings. The third kappa shape index (κ3) is 6.06. The number of carbonyl (C=O) groups excluding carboxylic acids is 1. The number of ether oxygens (including phenoxy) is 1. The van der Waals surface area contributed by atoms with Gasteiger partial charge in [-0.3, -0.25) is 9.59 Å². The molecule has 2 aliphatic rings. The van der Waals surface area contributed by atoms with Gasteiger partial charge in [0.2, 0.25) is 5.91 Å². The maximum Gasteiger partial charge on any atom is 0.307 e. The lowest BCUT2D eigenvalue weighted by Gasteiger charge is -2.27. The zero-order chi connectivity index (χ0) is 24.8. The van der Waals surface area contributed by atoms with Crippen LogP contribution in [-0.2, 0) is 16.0 Å². The van der Waals surface area contributed by atoms with E-state index in [0.717, 1.165) is 54.2 Å². The number of nitrogens with one attached hydrogen (secondary N) is 1. The van der Waals surface area contributed by atoms with Gasteiger partial charge in [0, 0.05) is 5.69 Å². The molecule has 1 amide bonds. The lowest BCUT2D eigenvalue weighted by atomic mass is 9.78. The van der Waals surface area contributed by atoms with E-state index in [0.29, 0.717) is 19.4 Å². The summed E-state index contributed by atoms with van der Waals surface area (Å²) in [5.74, 6) is -0.401. The molecule has 2 N–H and O–H groups in total. The number of aliphatic carboxylic acids is 1. The molecule has 0 spiro atoms. The molecule has 188 valence electrons. The van der Waals surface area contributed by atoms with Gasteiger partial charge in [0.05, 0.1) is 18.4 Å². The van der Waals surface area contributed by atoms with Crippen LogP contribution >= 0.6 is 0 Å². The van der Waals surface area contributed by atoms with Crippen LogP contribution in [0.5, 0.6) is 5.75 Å². The van der Waals surface area contributed by atoms with E-state index in [1.165, 1.54) is 36.8 Å². The Morgan fingerprint density at radius 1 is 0.971 bits per heavy atom. The van der Waals surface area contributed by atoms with Gasteiger partial charge in [0.25, 0.3) is 0 Å². The first-order valence-corrected chi connectivity index (χ1v) is 13.4. The molecule has 4 rings (SSSR count). The number of carbonyl (C=O) groups is 2. The second-order valence-corrected chi connectivity index (χ2v) is 10.2. The molecule has 0 bridgehead atoms. The Morgan fingerprint density at radius 3 is 2.40 bits per heavy atom. The van der Waals surface area contributed by atoms with Gasteiger partial charge in [-0.05, 0) is 85.9 Å². The normalized spacial score (nSPS) is 20.5. The Balaban J connectivity index is 1.61. The van der Waals surface area contributed by atoms with Gasteiger partial charge >= 0.3 is 5.97 Å². The Morgan fingerprint density at radius 2 is 1.69 bits per heavy atom. The highest BCUT2D eigenvalue weighted by molar-refractivity contribution is 5.95. The molecular weight excluding hydrogens is 438 g/mol. The fourth-order valence-electron chi connectivity index (χ4n) is 5.99. The zero-order valence-corrected chi connectivity index (χ0v) is 21.1. The summed E-state index contributed by atoms with van der Waals surface area (Å²) in [4.78, 5) is 24.8. The molecule has 0 radical (unpaired) electrons. The van der Waals surface area contributed by atoms with Crippen molar-refractivity contribution in [2.45, 2.75) is 78.1 Å². The smallest absolute Gasteiger partial charge is 0.307 e. The van der Waals surface area contributed by atoms with Crippen LogP contribution in [0, 0.1) is 24.7 Å². The van der Waals surface area contributed by atoms with Crippen molar-refractivity contribution < 1.29 is 19.4 Å². The van der Waals surface area contributed by atoms with Crippen molar-refractivity contribution in [2.75, 3.05) is 11.9 Å². The van der Waals surface area contributed by atoms with Crippen LogP contribution in [0.25, 0.3) is 11.1 Å². The number of hydrogen-bond acceptors (Lipinski definition) is 3. The summed E-state index contributed by atoms with van der Waals surface area (Å²) in [6, 6.07) is 12.4. The molecule has 2 aromatic carbocycles. The average molecular weight is 478 g/mol. The topological polar surface area (TPSA) is 75.6 Å². The number of carboxylic acid groups (broad SMARTS) is 1. The van der Waals surface area contributed by atoms with Gasteiger partial charge in [-0.2, -0.15) is 0 Å². The molecular formula is C30H39NO4. The monoisotopic (exact) mass is 477 g/mol. The molecule has 0 aromatic heterocycles. The quantitative estimate of drug-likeness (QED) is 0.407. The summed E-state index contributed by atoms with van der Waals surface area (Å²) in [5, 5.41) is 12.7. The minimum Gasteiger partial charge on any atom is -0.494 e. The number of hydrogen-bond donors (Lipinski definition) is 2. The van der Waals surface area contributed by atoms with Gasteiger partial charge in [-0.25, -0.2) is 0 Å². The first kappa shape index (κ1) is 25.3. The molecule has 2 atom stereocenters. The fraction of sp³-hybridized carbons (Fsp3) is 0.533. The van der Waals surface area contributed by atoms with E-state index in [2.05, 4.69) is 30.4 Å². The summed E-state index contributed by atoms with van der Waals surface area (Å²) in [7, 11) is 0. The first-order chi connectivity index (χ1) is 17.0. The van der Waals surface area contributed by atoms with E-state index < -0.39 is 17.8 Å². The molecule has 2 aliphatic carbocycles. The predicted molar refractivity (Wildman–Crippen MR) is 140 cm³/mol. The summed E-state index contributed by atoms with van der Waals surface area (Å²) < 4.78 is 5.85.